The average Bonchev–Trinajstić information content (AvgIpc) is 2.01. The van der Waals surface area contributed by atoms with Crippen LogP contribution in [0, 0.1) is 5.92 Å². The van der Waals surface area contributed by atoms with Gasteiger partial charge < -0.3 is 10.2 Å². The Morgan fingerprint density at radius 2 is 2.17 bits per heavy atom. The van der Waals surface area contributed by atoms with E-state index in [0.717, 1.165) is 12.0 Å². The zero-order chi connectivity index (χ0) is 8.97. The van der Waals surface area contributed by atoms with Gasteiger partial charge in [0.1, 0.15) is 0 Å². The molecule has 2 heteroatoms. The molecular weight excluding hydrogens is 148 g/mol. The summed E-state index contributed by atoms with van der Waals surface area (Å²) in [7, 11) is 4.31. The second-order valence-electron chi connectivity index (χ2n) is 4.34. The molecule has 1 heterocycles. The molecule has 12 heavy (non-hydrogen) atoms. The van der Waals surface area contributed by atoms with Crippen LogP contribution in [0.25, 0.3) is 0 Å². The summed E-state index contributed by atoms with van der Waals surface area (Å²) in [5, 5.41) is 3.49. The third kappa shape index (κ3) is 3.55. The molecule has 2 nitrogen and oxygen atoms in total. The minimum absolute atomic E-state index is 0.742. The molecule has 2 atom stereocenters. The molecule has 0 saturated carbocycles. The van der Waals surface area contributed by atoms with Gasteiger partial charge in [0.15, 0.2) is 0 Å². The predicted molar refractivity (Wildman–Crippen MR) is 53.4 cm³/mol. The van der Waals surface area contributed by atoms with E-state index in [1.165, 1.54) is 32.4 Å². The molecule has 0 amide bonds. The van der Waals surface area contributed by atoms with Crippen LogP contribution in [0.1, 0.15) is 26.2 Å². The maximum atomic E-state index is 3.49. The first-order valence-electron chi connectivity index (χ1n) is 5.06. The molecule has 1 saturated heterocycles. The molecular formula is C10H22N2. The third-order valence-electron chi connectivity index (χ3n) is 2.72. The zero-order valence-corrected chi connectivity index (χ0v) is 8.64. The van der Waals surface area contributed by atoms with Crippen molar-refractivity contribution in [3.63, 3.8) is 0 Å². The maximum absolute atomic E-state index is 3.49. The van der Waals surface area contributed by atoms with Gasteiger partial charge in [-0.05, 0) is 59.3 Å². The van der Waals surface area contributed by atoms with Crippen LogP contribution in [-0.2, 0) is 0 Å². The van der Waals surface area contributed by atoms with Crippen LogP contribution in [0.2, 0.25) is 0 Å². The summed E-state index contributed by atoms with van der Waals surface area (Å²) < 4.78 is 0. The van der Waals surface area contributed by atoms with E-state index in [4.69, 9.17) is 0 Å². The normalized spacial score (nSPS) is 31.0. The summed E-state index contributed by atoms with van der Waals surface area (Å²) in [5.41, 5.74) is 0. The summed E-state index contributed by atoms with van der Waals surface area (Å²) >= 11 is 0. The maximum Gasteiger partial charge on any atom is 0.00413 e. The van der Waals surface area contributed by atoms with Crippen molar-refractivity contribution in [2.24, 2.45) is 5.92 Å². The number of rotatable bonds is 3. The molecule has 0 aliphatic carbocycles. The van der Waals surface area contributed by atoms with Crippen molar-refractivity contribution < 1.29 is 0 Å². The fourth-order valence-corrected chi connectivity index (χ4v) is 1.94. The minimum atomic E-state index is 0.742. The highest BCUT2D eigenvalue weighted by Crippen LogP contribution is 2.19. The first-order valence-corrected chi connectivity index (χ1v) is 5.06. The van der Waals surface area contributed by atoms with Crippen LogP contribution in [0.4, 0.5) is 0 Å². The number of piperidine rings is 1. The van der Waals surface area contributed by atoms with E-state index in [9.17, 15) is 0 Å². The van der Waals surface area contributed by atoms with Gasteiger partial charge in [-0.2, -0.15) is 0 Å². The summed E-state index contributed by atoms with van der Waals surface area (Å²) in [5.74, 6) is 0.962. The lowest BCUT2D eigenvalue weighted by Gasteiger charge is -2.28. The molecule has 1 N–H and O–H groups in total. The highest BCUT2D eigenvalue weighted by Gasteiger charge is 2.17. The van der Waals surface area contributed by atoms with E-state index in [0.29, 0.717) is 0 Å². The molecule has 0 bridgehead atoms. The lowest BCUT2D eigenvalue weighted by Crippen LogP contribution is -2.36. The van der Waals surface area contributed by atoms with Gasteiger partial charge in [-0.25, -0.2) is 0 Å². The van der Waals surface area contributed by atoms with Crippen molar-refractivity contribution in [1.29, 1.82) is 0 Å². The van der Waals surface area contributed by atoms with Crippen LogP contribution in [0.3, 0.4) is 0 Å². The second kappa shape index (κ2) is 4.83. The Morgan fingerprint density at radius 1 is 1.42 bits per heavy atom. The molecule has 0 radical (unpaired) electrons. The summed E-state index contributed by atoms with van der Waals surface area (Å²) in [6.07, 6.45) is 4.12. The standard InChI is InChI=1S/C10H22N2/c1-9-8-10(4-6-11-9)5-7-12(2)3/h9-11H,4-8H2,1-3H3/t9-,10+/m1/s1. The SMILES string of the molecule is C[C@@H]1C[C@H](CCN(C)C)CCN1. The van der Waals surface area contributed by atoms with Gasteiger partial charge >= 0.3 is 0 Å². The fourth-order valence-electron chi connectivity index (χ4n) is 1.94. The topological polar surface area (TPSA) is 15.3 Å². The molecule has 1 rings (SSSR count). The van der Waals surface area contributed by atoms with Crippen LogP contribution in [-0.4, -0.2) is 38.1 Å². The number of nitrogens with zero attached hydrogens (tertiary/aromatic N) is 1. The average molecular weight is 170 g/mol. The summed E-state index contributed by atoms with van der Waals surface area (Å²) in [6.45, 7) is 4.76. The van der Waals surface area contributed by atoms with Crippen LogP contribution in [0.15, 0.2) is 0 Å². The van der Waals surface area contributed by atoms with Crippen LogP contribution >= 0.6 is 0 Å². The Bertz CT molecular complexity index is 123. The third-order valence-corrected chi connectivity index (χ3v) is 2.72. The van der Waals surface area contributed by atoms with Crippen molar-refractivity contribution in [1.82, 2.24) is 10.2 Å². The lowest BCUT2D eigenvalue weighted by atomic mass is 9.90. The number of hydrogen-bond donors (Lipinski definition) is 1. The Labute approximate surface area is 76.3 Å². The lowest BCUT2D eigenvalue weighted by molar-refractivity contribution is 0.268. The monoisotopic (exact) mass is 170 g/mol. The predicted octanol–water partition coefficient (Wildman–Crippen LogP) is 1.33. The minimum Gasteiger partial charge on any atom is -0.314 e. The Morgan fingerprint density at radius 3 is 2.75 bits per heavy atom. The van der Waals surface area contributed by atoms with E-state index in [1.54, 1.807) is 0 Å². The Hall–Kier alpha value is -0.0800. The molecule has 0 unspecified atom stereocenters. The number of hydrogen-bond acceptors (Lipinski definition) is 2. The molecule has 0 spiro atoms. The van der Waals surface area contributed by atoms with Crippen molar-refractivity contribution >= 4 is 0 Å². The van der Waals surface area contributed by atoms with E-state index in [-0.39, 0.29) is 0 Å². The first kappa shape index (κ1) is 10.0. The van der Waals surface area contributed by atoms with Gasteiger partial charge in [0.25, 0.3) is 0 Å². The Kier molecular flexibility index (Phi) is 4.02. The summed E-state index contributed by atoms with van der Waals surface area (Å²) in [4.78, 5) is 2.28. The van der Waals surface area contributed by atoms with Gasteiger partial charge in [0, 0.05) is 6.04 Å². The molecule has 0 aromatic rings. The van der Waals surface area contributed by atoms with Crippen molar-refractivity contribution in [2.75, 3.05) is 27.2 Å². The summed E-state index contributed by atoms with van der Waals surface area (Å²) in [6, 6.07) is 0.742. The quantitative estimate of drug-likeness (QED) is 0.687. The molecule has 0 aromatic heterocycles. The zero-order valence-electron chi connectivity index (χ0n) is 8.64. The van der Waals surface area contributed by atoms with Crippen LogP contribution < -0.4 is 5.32 Å². The Balaban J connectivity index is 2.14. The van der Waals surface area contributed by atoms with Gasteiger partial charge in [0.2, 0.25) is 0 Å². The first-order chi connectivity index (χ1) is 5.68. The fraction of sp³-hybridized carbons (Fsp3) is 1.00. The second-order valence-corrected chi connectivity index (χ2v) is 4.34. The van der Waals surface area contributed by atoms with Gasteiger partial charge in [-0.1, -0.05) is 0 Å². The van der Waals surface area contributed by atoms with E-state index in [1.807, 2.05) is 0 Å². The van der Waals surface area contributed by atoms with Crippen molar-refractivity contribution in [3.05, 3.63) is 0 Å². The molecule has 0 aromatic carbocycles. The van der Waals surface area contributed by atoms with Gasteiger partial charge in [0.05, 0.1) is 0 Å². The van der Waals surface area contributed by atoms with E-state index >= 15 is 0 Å². The largest absolute Gasteiger partial charge is 0.314 e. The molecule has 1 fully saturated rings. The highest BCUT2D eigenvalue weighted by molar-refractivity contribution is 4.75. The van der Waals surface area contributed by atoms with Gasteiger partial charge in [-0.3, -0.25) is 0 Å². The van der Waals surface area contributed by atoms with Gasteiger partial charge in [-0.15, -0.1) is 0 Å². The van der Waals surface area contributed by atoms with Crippen molar-refractivity contribution in [3.8, 4) is 0 Å². The van der Waals surface area contributed by atoms with Crippen LogP contribution in [0.5, 0.6) is 0 Å². The molecule has 1 aliphatic heterocycles. The van der Waals surface area contributed by atoms with E-state index < -0.39 is 0 Å². The molecule has 1 aliphatic rings. The van der Waals surface area contributed by atoms with Crippen molar-refractivity contribution in [2.45, 2.75) is 32.2 Å². The molecule has 72 valence electrons. The number of nitrogens with one attached hydrogen (secondary N) is 1. The smallest absolute Gasteiger partial charge is 0.00413 e. The van der Waals surface area contributed by atoms with E-state index in [2.05, 4.69) is 31.2 Å². The highest BCUT2D eigenvalue weighted by atomic mass is 15.0.